The topological polar surface area (TPSA) is 146 Å². The van der Waals surface area contributed by atoms with Gasteiger partial charge in [-0.3, -0.25) is 19.3 Å². The van der Waals surface area contributed by atoms with E-state index in [1.54, 1.807) is 6.92 Å². The SMILES string of the molecule is CCOC(=O)CNC(=O)[C@@H]1[C@@H](O)[C@H]([C@H](O)CO)OC(=O)[C@@H]2CCCN12. The molecule has 2 saturated heterocycles. The van der Waals surface area contributed by atoms with Crippen molar-refractivity contribution >= 4 is 17.8 Å². The lowest BCUT2D eigenvalue weighted by molar-refractivity contribution is -0.166. The molecule has 2 aliphatic heterocycles. The number of amides is 1. The highest BCUT2D eigenvalue weighted by molar-refractivity contribution is 5.88. The summed E-state index contributed by atoms with van der Waals surface area (Å²) in [6, 6.07) is -1.91. The number of nitrogens with zero attached hydrogens (tertiary/aromatic N) is 1. The first-order valence-corrected chi connectivity index (χ1v) is 8.27. The van der Waals surface area contributed by atoms with Crippen molar-refractivity contribution < 1.29 is 39.2 Å². The summed E-state index contributed by atoms with van der Waals surface area (Å²) in [6.07, 6.45) is -3.44. The van der Waals surface area contributed by atoms with Gasteiger partial charge in [0.25, 0.3) is 0 Å². The van der Waals surface area contributed by atoms with E-state index in [2.05, 4.69) is 5.32 Å². The van der Waals surface area contributed by atoms with Gasteiger partial charge in [0.1, 0.15) is 30.8 Å². The normalized spacial score (nSPS) is 30.8. The fraction of sp³-hybridized carbons (Fsp3) is 0.800. The Hall–Kier alpha value is -1.75. The van der Waals surface area contributed by atoms with Gasteiger partial charge in [0.15, 0.2) is 6.10 Å². The smallest absolute Gasteiger partial charge is 0.325 e. The van der Waals surface area contributed by atoms with E-state index < -0.39 is 54.8 Å². The van der Waals surface area contributed by atoms with Gasteiger partial charge < -0.3 is 30.1 Å². The predicted molar refractivity (Wildman–Crippen MR) is 82.1 cm³/mol. The number of aliphatic hydroxyl groups is 3. The average molecular weight is 360 g/mol. The number of nitrogens with one attached hydrogen (secondary N) is 1. The van der Waals surface area contributed by atoms with Crippen LogP contribution in [0.3, 0.4) is 0 Å². The molecular formula is C15H24N2O8. The Morgan fingerprint density at radius 1 is 1.48 bits per heavy atom. The minimum absolute atomic E-state index is 0.169. The van der Waals surface area contributed by atoms with E-state index in [1.807, 2.05) is 0 Å². The van der Waals surface area contributed by atoms with Crippen LogP contribution in [0.5, 0.6) is 0 Å². The lowest BCUT2D eigenvalue weighted by atomic mass is 9.99. The van der Waals surface area contributed by atoms with Crippen LogP contribution >= 0.6 is 0 Å². The van der Waals surface area contributed by atoms with Gasteiger partial charge >= 0.3 is 11.9 Å². The fourth-order valence-corrected chi connectivity index (χ4v) is 3.22. The maximum atomic E-state index is 12.5. The molecule has 1 amide bonds. The van der Waals surface area contributed by atoms with Crippen molar-refractivity contribution in [2.45, 2.75) is 50.2 Å². The molecule has 4 N–H and O–H groups in total. The summed E-state index contributed by atoms with van der Waals surface area (Å²) >= 11 is 0. The molecule has 0 aromatic heterocycles. The van der Waals surface area contributed by atoms with Crippen molar-refractivity contribution in [2.24, 2.45) is 0 Å². The van der Waals surface area contributed by atoms with Gasteiger partial charge in [-0.1, -0.05) is 0 Å². The Bertz CT molecular complexity index is 514. The first kappa shape index (κ1) is 19.6. The molecule has 2 heterocycles. The Labute approximate surface area is 144 Å². The molecule has 142 valence electrons. The third-order valence-electron chi connectivity index (χ3n) is 4.38. The van der Waals surface area contributed by atoms with Gasteiger partial charge in [-0.05, 0) is 26.3 Å². The third-order valence-corrected chi connectivity index (χ3v) is 4.38. The van der Waals surface area contributed by atoms with Crippen LogP contribution in [0.2, 0.25) is 0 Å². The van der Waals surface area contributed by atoms with Crippen LogP contribution in [0.25, 0.3) is 0 Å². The van der Waals surface area contributed by atoms with Gasteiger partial charge in [0, 0.05) is 0 Å². The number of fused-ring (bicyclic) bond motifs is 1. The van der Waals surface area contributed by atoms with Gasteiger partial charge in [-0.15, -0.1) is 0 Å². The second-order valence-electron chi connectivity index (χ2n) is 6.01. The molecule has 0 radical (unpaired) electrons. The lowest BCUT2D eigenvalue weighted by Crippen LogP contribution is -2.58. The van der Waals surface area contributed by atoms with E-state index in [4.69, 9.17) is 14.6 Å². The fourth-order valence-electron chi connectivity index (χ4n) is 3.22. The first-order valence-electron chi connectivity index (χ1n) is 8.27. The van der Waals surface area contributed by atoms with E-state index in [0.29, 0.717) is 19.4 Å². The number of cyclic esters (lactones) is 1. The van der Waals surface area contributed by atoms with Crippen LogP contribution < -0.4 is 5.32 Å². The highest BCUT2D eigenvalue weighted by Crippen LogP contribution is 2.29. The molecule has 0 aromatic rings. The number of hydrogen-bond donors (Lipinski definition) is 4. The second-order valence-corrected chi connectivity index (χ2v) is 6.01. The summed E-state index contributed by atoms with van der Waals surface area (Å²) in [5.74, 6) is -1.97. The average Bonchev–Trinajstić information content (AvgIpc) is 3.03. The molecule has 0 saturated carbocycles. The number of aliphatic hydroxyl groups excluding tert-OH is 3. The molecule has 10 heteroatoms. The van der Waals surface area contributed by atoms with Crippen LogP contribution in [0.4, 0.5) is 0 Å². The minimum atomic E-state index is -1.56. The number of ether oxygens (including phenoxy) is 2. The predicted octanol–water partition coefficient (Wildman–Crippen LogP) is -2.86. The number of esters is 2. The van der Waals surface area contributed by atoms with Gasteiger partial charge in [-0.25, -0.2) is 0 Å². The monoisotopic (exact) mass is 360 g/mol. The Morgan fingerprint density at radius 2 is 2.20 bits per heavy atom. The zero-order chi connectivity index (χ0) is 18.6. The lowest BCUT2D eigenvalue weighted by Gasteiger charge is -2.32. The number of hydrogen-bond acceptors (Lipinski definition) is 9. The van der Waals surface area contributed by atoms with E-state index in [9.17, 15) is 24.6 Å². The van der Waals surface area contributed by atoms with E-state index in [0.717, 1.165) is 0 Å². The maximum Gasteiger partial charge on any atom is 0.325 e. The maximum absolute atomic E-state index is 12.5. The molecule has 2 fully saturated rings. The highest BCUT2D eigenvalue weighted by atomic mass is 16.6. The summed E-state index contributed by atoms with van der Waals surface area (Å²) in [4.78, 5) is 37.7. The van der Waals surface area contributed by atoms with Crippen molar-refractivity contribution in [3.05, 3.63) is 0 Å². The van der Waals surface area contributed by atoms with Crippen LogP contribution in [0.15, 0.2) is 0 Å². The summed E-state index contributed by atoms with van der Waals surface area (Å²) in [6.45, 7) is 1.07. The molecule has 0 aromatic carbocycles. The number of carbonyl (C=O) groups excluding carboxylic acids is 3. The zero-order valence-electron chi connectivity index (χ0n) is 14.0. The van der Waals surface area contributed by atoms with E-state index >= 15 is 0 Å². The summed E-state index contributed by atoms with van der Waals surface area (Å²) in [5, 5.41) is 31.9. The molecule has 2 rings (SSSR count). The van der Waals surface area contributed by atoms with Gasteiger partial charge in [0.2, 0.25) is 5.91 Å². The summed E-state index contributed by atoms with van der Waals surface area (Å²) in [5.41, 5.74) is 0. The van der Waals surface area contributed by atoms with Crippen LogP contribution in [-0.2, 0) is 23.9 Å². The van der Waals surface area contributed by atoms with Crippen molar-refractivity contribution in [1.29, 1.82) is 0 Å². The molecule has 25 heavy (non-hydrogen) atoms. The first-order chi connectivity index (χ1) is 11.9. The summed E-state index contributed by atoms with van der Waals surface area (Å²) in [7, 11) is 0. The van der Waals surface area contributed by atoms with Crippen LogP contribution in [0, 0.1) is 0 Å². The largest absolute Gasteiger partial charge is 0.465 e. The molecule has 0 aliphatic carbocycles. The zero-order valence-corrected chi connectivity index (χ0v) is 14.0. The Kier molecular flexibility index (Phi) is 6.71. The molecule has 10 nitrogen and oxygen atoms in total. The molecular weight excluding hydrogens is 336 g/mol. The Morgan fingerprint density at radius 3 is 2.84 bits per heavy atom. The van der Waals surface area contributed by atoms with Crippen molar-refractivity contribution in [2.75, 3.05) is 26.3 Å². The summed E-state index contributed by atoms with van der Waals surface area (Å²) < 4.78 is 9.85. The van der Waals surface area contributed by atoms with Crippen molar-refractivity contribution in [3.8, 4) is 0 Å². The molecule has 0 spiro atoms. The quantitative estimate of drug-likeness (QED) is 0.367. The van der Waals surface area contributed by atoms with Crippen LogP contribution in [-0.4, -0.2) is 94.8 Å². The molecule has 0 bridgehead atoms. The van der Waals surface area contributed by atoms with E-state index in [-0.39, 0.29) is 13.2 Å². The standard InChI is InChI=1S/C15H24N2O8/c1-2-24-10(20)6-16-14(22)11-12(21)13(9(19)7-18)25-15(23)8-4-3-5-17(8)11/h8-9,11-13,18-19,21H,2-7H2,1H3,(H,16,22)/t8-,9+,11-,12+,13-/m0/s1. The van der Waals surface area contributed by atoms with Gasteiger partial charge in [0.05, 0.1) is 13.2 Å². The molecule has 2 aliphatic rings. The van der Waals surface area contributed by atoms with Gasteiger partial charge in [-0.2, -0.15) is 0 Å². The van der Waals surface area contributed by atoms with Crippen molar-refractivity contribution in [3.63, 3.8) is 0 Å². The molecule has 0 unspecified atom stereocenters. The third kappa shape index (κ3) is 4.27. The second kappa shape index (κ2) is 8.56. The number of carbonyl (C=O) groups is 3. The van der Waals surface area contributed by atoms with Crippen molar-refractivity contribution in [1.82, 2.24) is 10.2 Å². The molecule has 5 atom stereocenters. The highest BCUT2D eigenvalue weighted by Gasteiger charge is 2.51. The Balaban J connectivity index is 2.19. The minimum Gasteiger partial charge on any atom is -0.465 e. The van der Waals surface area contributed by atoms with Crippen LogP contribution in [0.1, 0.15) is 19.8 Å². The number of rotatable bonds is 6. The van der Waals surface area contributed by atoms with E-state index in [1.165, 1.54) is 4.90 Å².